The van der Waals surface area contributed by atoms with Gasteiger partial charge in [-0.25, -0.2) is 0 Å². The molecule has 0 heterocycles. The van der Waals surface area contributed by atoms with Gasteiger partial charge in [0.15, 0.2) is 0 Å². The molecule has 6 heteroatoms. The fourth-order valence-electron chi connectivity index (χ4n) is 3.79. The van der Waals surface area contributed by atoms with Crippen molar-refractivity contribution in [3.63, 3.8) is 0 Å². The third-order valence-corrected chi connectivity index (χ3v) is 6.06. The van der Waals surface area contributed by atoms with Crippen molar-refractivity contribution in [2.75, 3.05) is 19.0 Å². The van der Waals surface area contributed by atoms with Gasteiger partial charge < -0.3 is 9.47 Å². The summed E-state index contributed by atoms with van der Waals surface area (Å²) >= 11 is 0. The second-order valence-corrected chi connectivity index (χ2v) is 9.33. The SMILES string of the molecule is CCCCOC1(OCCCCS(=O)(=O)O)c2cc(C)ccc2-c2ccc(C)cc21. The summed E-state index contributed by atoms with van der Waals surface area (Å²) in [6, 6.07) is 12.7. The Morgan fingerprint density at radius 1 is 0.862 bits per heavy atom. The van der Waals surface area contributed by atoms with E-state index < -0.39 is 15.9 Å². The van der Waals surface area contributed by atoms with Gasteiger partial charge in [-0.15, -0.1) is 0 Å². The zero-order chi connectivity index (χ0) is 21.1. The molecule has 0 saturated heterocycles. The van der Waals surface area contributed by atoms with E-state index in [9.17, 15) is 8.42 Å². The number of rotatable bonds is 10. The molecule has 0 amide bonds. The normalized spacial score (nSPS) is 14.6. The van der Waals surface area contributed by atoms with Crippen molar-refractivity contribution < 1.29 is 22.4 Å². The summed E-state index contributed by atoms with van der Waals surface area (Å²) in [6.45, 7) is 7.14. The lowest BCUT2D eigenvalue weighted by molar-refractivity contribution is -0.216. The first-order chi connectivity index (χ1) is 13.8. The Bertz CT molecular complexity index is 914. The number of hydrogen-bond donors (Lipinski definition) is 1. The van der Waals surface area contributed by atoms with Crippen LogP contribution in [-0.4, -0.2) is 31.9 Å². The minimum Gasteiger partial charge on any atom is -0.342 e. The Kier molecular flexibility index (Phi) is 6.79. The fraction of sp³-hybridized carbons (Fsp3) is 0.478. The lowest BCUT2D eigenvalue weighted by atomic mass is 10.0. The number of hydrogen-bond acceptors (Lipinski definition) is 4. The summed E-state index contributed by atoms with van der Waals surface area (Å²) in [5.41, 5.74) is 6.49. The lowest BCUT2D eigenvalue weighted by Gasteiger charge is -2.32. The quantitative estimate of drug-likeness (QED) is 0.334. The van der Waals surface area contributed by atoms with E-state index in [1.165, 1.54) is 0 Å². The summed E-state index contributed by atoms with van der Waals surface area (Å²) in [7, 11) is -3.95. The van der Waals surface area contributed by atoms with Gasteiger partial charge in [0.1, 0.15) is 0 Å². The summed E-state index contributed by atoms with van der Waals surface area (Å²) in [6.07, 6.45) is 2.80. The van der Waals surface area contributed by atoms with Crippen LogP contribution in [0.2, 0.25) is 0 Å². The molecular weight excluding hydrogens is 388 g/mol. The summed E-state index contributed by atoms with van der Waals surface area (Å²) in [4.78, 5) is 0. The van der Waals surface area contributed by atoms with Crippen LogP contribution in [0.3, 0.4) is 0 Å². The van der Waals surface area contributed by atoms with Gasteiger partial charge in [0, 0.05) is 11.1 Å². The third kappa shape index (κ3) is 4.89. The molecule has 0 atom stereocenters. The van der Waals surface area contributed by atoms with Crippen LogP contribution in [0, 0.1) is 13.8 Å². The van der Waals surface area contributed by atoms with Crippen LogP contribution in [0.15, 0.2) is 36.4 Å². The largest absolute Gasteiger partial charge is 0.342 e. The maximum atomic E-state index is 11.0. The van der Waals surface area contributed by atoms with E-state index in [0.717, 1.165) is 46.2 Å². The molecule has 5 nitrogen and oxygen atoms in total. The molecule has 0 fully saturated rings. The van der Waals surface area contributed by atoms with Crippen LogP contribution >= 0.6 is 0 Å². The predicted molar refractivity (Wildman–Crippen MR) is 115 cm³/mol. The molecule has 0 bridgehead atoms. The molecule has 1 N–H and O–H groups in total. The maximum Gasteiger partial charge on any atom is 0.264 e. The van der Waals surface area contributed by atoms with E-state index in [2.05, 4.69) is 57.2 Å². The highest BCUT2D eigenvalue weighted by Crippen LogP contribution is 2.51. The minimum atomic E-state index is -3.95. The standard InChI is InChI=1S/C23H30O5S/c1-4-5-12-27-23(28-13-6-7-14-29(24,25)26)21-15-17(2)8-10-19(21)20-11-9-18(3)16-22(20)23/h8-11,15-16H,4-7,12-14H2,1-3H3,(H,24,25,26). The Hall–Kier alpha value is -1.73. The topological polar surface area (TPSA) is 72.8 Å². The molecule has 158 valence electrons. The number of ether oxygens (including phenoxy) is 2. The minimum absolute atomic E-state index is 0.258. The van der Waals surface area contributed by atoms with Gasteiger partial charge in [-0.2, -0.15) is 8.42 Å². The number of benzene rings is 2. The molecule has 0 unspecified atom stereocenters. The van der Waals surface area contributed by atoms with Crippen LogP contribution in [0.5, 0.6) is 0 Å². The van der Waals surface area contributed by atoms with Crippen LogP contribution in [0.4, 0.5) is 0 Å². The average molecular weight is 419 g/mol. The van der Waals surface area contributed by atoms with Crippen LogP contribution in [0.1, 0.15) is 54.9 Å². The lowest BCUT2D eigenvalue weighted by Crippen LogP contribution is -2.33. The smallest absolute Gasteiger partial charge is 0.264 e. The molecule has 1 aliphatic carbocycles. The Morgan fingerprint density at radius 3 is 1.86 bits per heavy atom. The van der Waals surface area contributed by atoms with Gasteiger partial charge in [0.25, 0.3) is 10.1 Å². The van der Waals surface area contributed by atoms with Crippen molar-refractivity contribution >= 4 is 10.1 Å². The Morgan fingerprint density at radius 2 is 1.38 bits per heavy atom. The number of unbranched alkanes of at least 4 members (excludes halogenated alkanes) is 2. The summed E-state index contributed by atoms with van der Waals surface area (Å²) < 4.78 is 43.8. The molecular formula is C23H30O5S. The molecule has 0 radical (unpaired) electrons. The van der Waals surface area contributed by atoms with E-state index in [4.69, 9.17) is 14.0 Å². The van der Waals surface area contributed by atoms with Crippen LogP contribution in [-0.2, 0) is 25.4 Å². The van der Waals surface area contributed by atoms with Crippen molar-refractivity contribution in [1.29, 1.82) is 0 Å². The molecule has 1 aliphatic rings. The van der Waals surface area contributed by atoms with Gasteiger partial charge in [0.2, 0.25) is 5.79 Å². The first kappa shape index (κ1) is 22.0. The first-order valence-electron chi connectivity index (χ1n) is 10.2. The van der Waals surface area contributed by atoms with Crippen LogP contribution < -0.4 is 0 Å². The van der Waals surface area contributed by atoms with E-state index in [-0.39, 0.29) is 5.75 Å². The Balaban J connectivity index is 1.95. The van der Waals surface area contributed by atoms with Gasteiger partial charge in [-0.1, -0.05) is 48.7 Å². The van der Waals surface area contributed by atoms with E-state index in [1.54, 1.807) is 0 Å². The maximum absolute atomic E-state index is 11.0. The number of fused-ring (bicyclic) bond motifs is 3. The third-order valence-electron chi connectivity index (χ3n) is 5.25. The van der Waals surface area contributed by atoms with E-state index >= 15 is 0 Å². The molecule has 0 aliphatic heterocycles. The van der Waals surface area contributed by atoms with Crippen molar-refractivity contribution in [1.82, 2.24) is 0 Å². The van der Waals surface area contributed by atoms with Crippen molar-refractivity contribution in [3.05, 3.63) is 58.7 Å². The molecule has 29 heavy (non-hydrogen) atoms. The molecule has 2 aromatic rings. The van der Waals surface area contributed by atoms with Crippen molar-refractivity contribution in [2.24, 2.45) is 0 Å². The van der Waals surface area contributed by atoms with Gasteiger partial charge in [0.05, 0.1) is 19.0 Å². The van der Waals surface area contributed by atoms with Gasteiger partial charge in [-0.3, -0.25) is 4.55 Å². The Labute approximate surface area is 173 Å². The molecule has 0 aromatic heterocycles. The summed E-state index contributed by atoms with van der Waals surface area (Å²) in [5, 5.41) is 0. The monoisotopic (exact) mass is 418 g/mol. The van der Waals surface area contributed by atoms with Crippen molar-refractivity contribution in [3.8, 4) is 11.1 Å². The van der Waals surface area contributed by atoms with Crippen LogP contribution in [0.25, 0.3) is 11.1 Å². The van der Waals surface area contributed by atoms with E-state index in [1.807, 2.05) is 0 Å². The highest BCUT2D eigenvalue weighted by molar-refractivity contribution is 7.85. The number of aryl methyl sites for hydroxylation is 2. The molecule has 2 aromatic carbocycles. The predicted octanol–water partition coefficient (Wildman–Crippen LogP) is 4.99. The zero-order valence-electron chi connectivity index (χ0n) is 17.4. The summed E-state index contributed by atoms with van der Waals surface area (Å²) in [5.74, 6) is -1.25. The average Bonchev–Trinajstić information content (AvgIpc) is 2.90. The zero-order valence-corrected chi connectivity index (χ0v) is 18.2. The van der Waals surface area contributed by atoms with Crippen molar-refractivity contribution in [2.45, 2.75) is 52.2 Å². The molecule has 0 saturated carbocycles. The van der Waals surface area contributed by atoms with E-state index in [0.29, 0.717) is 26.1 Å². The second kappa shape index (κ2) is 8.96. The highest BCUT2D eigenvalue weighted by Gasteiger charge is 2.45. The first-order valence-corrected chi connectivity index (χ1v) is 11.8. The fourth-order valence-corrected chi connectivity index (χ4v) is 4.36. The molecule has 0 spiro atoms. The second-order valence-electron chi connectivity index (χ2n) is 7.76. The molecule has 3 rings (SSSR count). The van der Waals surface area contributed by atoms with Gasteiger partial charge >= 0.3 is 0 Å². The highest BCUT2D eigenvalue weighted by atomic mass is 32.2. The van der Waals surface area contributed by atoms with Gasteiger partial charge in [-0.05, 0) is 56.4 Å².